The van der Waals surface area contributed by atoms with Gasteiger partial charge in [0.05, 0.1) is 12.2 Å². The number of hydrogen-bond acceptors (Lipinski definition) is 4. The van der Waals surface area contributed by atoms with E-state index in [2.05, 4.69) is 22.0 Å². The van der Waals surface area contributed by atoms with Crippen molar-refractivity contribution < 1.29 is 9.47 Å². The maximum atomic E-state index is 6.25. The molecule has 0 N–H and O–H groups in total. The van der Waals surface area contributed by atoms with Gasteiger partial charge in [-0.2, -0.15) is 0 Å². The van der Waals surface area contributed by atoms with Crippen molar-refractivity contribution in [2.45, 2.75) is 37.8 Å². The van der Waals surface area contributed by atoms with Crippen molar-refractivity contribution in [1.29, 1.82) is 0 Å². The molecule has 0 amide bonds. The van der Waals surface area contributed by atoms with Crippen LogP contribution in [-0.4, -0.2) is 48.9 Å². The normalized spacial score (nSPS) is 30.0. The number of aromatic nitrogens is 1. The maximum absolute atomic E-state index is 6.25. The first-order valence-corrected chi connectivity index (χ1v) is 8.04. The van der Waals surface area contributed by atoms with Gasteiger partial charge >= 0.3 is 0 Å². The fraction of sp³-hybridized carbons (Fsp3) is 0.706. The molecule has 2 atom stereocenters. The quantitative estimate of drug-likeness (QED) is 0.834. The van der Waals surface area contributed by atoms with E-state index in [-0.39, 0.29) is 5.60 Å². The summed E-state index contributed by atoms with van der Waals surface area (Å²) in [6.07, 6.45) is 8.53. The van der Waals surface area contributed by atoms with Crippen LogP contribution >= 0.6 is 0 Å². The molecule has 0 unspecified atom stereocenters. The molecule has 4 nitrogen and oxygen atoms in total. The molecule has 3 heterocycles. The lowest BCUT2D eigenvalue weighted by Crippen LogP contribution is -2.47. The minimum absolute atomic E-state index is 0.101. The second kappa shape index (κ2) is 6.86. The maximum Gasteiger partial charge on any atom is 0.0813 e. The van der Waals surface area contributed by atoms with Crippen LogP contribution < -0.4 is 0 Å². The molecule has 4 heteroatoms. The van der Waals surface area contributed by atoms with Crippen molar-refractivity contribution in [3.8, 4) is 0 Å². The number of pyridine rings is 1. The molecule has 116 valence electrons. The smallest absolute Gasteiger partial charge is 0.0813 e. The summed E-state index contributed by atoms with van der Waals surface area (Å²) in [5, 5.41) is 0. The van der Waals surface area contributed by atoms with Crippen LogP contribution in [0.1, 0.15) is 31.2 Å². The van der Waals surface area contributed by atoms with Crippen LogP contribution in [0.2, 0.25) is 0 Å². The summed E-state index contributed by atoms with van der Waals surface area (Å²) in [7, 11) is 1.78. The van der Waals surface area contributed by atoms with Gasteiger partial charge in [0, 0.05) is 39.2 Å². The molecule has 0 aromatic carbocycles. The molecule has 0 bridgehead atoms. The summed E-state index contributed by atoms with van der Waals surface area (Å²) in [4.78, 5) is 6.63. The van der Waals surface area contributed by atoms with Crippen molar-refractivity contribution >= 4 is 0 Å². The third-order valence-corrected chi connectivity index (χ3v) is 4.79. The highest BCUT2D eigenvalue weighted by molar-refractivity contribution is 5.10. The largest absolute Gasteiger partial charge is 0.385 e. The topological polar surface area (TPSA) is 34.6 Å². The Bertz CT molecular complexity index is 440. The van der Waals surface area contributed by atoms with Gasteiger partial charge in [0.25, 0.3) is 0 Å². The first kappa shape index (κ1) is 14.9. The number of nitrogens with zero attached hydrogens (tertiary/aromatic N) is 2. The van der Waals surface area contributed by atoms with Gasteiger partial charge in [0.15, 0.2) is 0 Å². The van der Waals surface area contributed by atoms with Crippen molar-refractivity contribution in [3.05, 3.63) is 30.1 Å². The molecule has 1 aromatic rings. The number of methoxy groups -OCH3 is 1. The predicted molar refractivity (Wildman–Crippen MR) is 82.0 cm³/mol. The number of likely N-dealkylation sites (tertiary alicyclic amines) is 1. The van der Waals surface area contributed by atoms with E-state index in [0.29, 0.717) is 5.92 Å². The second-order valence-corrected chi connectivity index (χ2v) is 6.52. The number of ether oxygens (including phenoxy) is 2. The molecule has 21 heavy (non-hydrogen) atoms. The van der Waals surface area contributed by atoms with Gasteiger partial charge in [-0.05, 0) is 55.8 Å². The lowest BCUT2D eigenvalue weighted by atomic mass is 9.85. The molecule has 2 aliphatic rings. The van der Waals surface area contributed by atoms with E-state index in [9.17, 15) is 0 Å². The van der Waals surface area contributed by atoms with Crippen LogP contribution in [0.4, 0.5) is 0 Å². The highest BCUT2D eigenvalue weighted by Gasteiger charge is 2.42. The molecule has 2 fully saturated rings. The summed E-state index contributed by atoms with van der Waals surface area (Å²) in [6, 6.07) is 4.22. The molecule has 0 aliphatic carbocycles. The standard InChI is InChI=1S/C17H26N2O2/c1-20-10-5-16-11-17(21-13-16)6-2-9-19(14-17)12-15-3-7-18-8-4-15/h3-4,7-8,16H,2,5-6,9-14H2,1H3/t16-,17-/m0/s1. The highest BCUT2D eigenvalue weighted by Crippen LogP contribution is 2.38. The van der Waals surface area contributed by atoms with Crippen molar-refractivity contribution in [2.75, 3.05) is 33.4 Å². The minimum Gasteiger partial charge on any atom is -0.385 e. The van der Waals surface area contributed by atoms with E-state index in [1.165, 1.54) is 31.4 Å². The van der Waals surface area contributed by atoms with Gasteiger partial charge in [-0.1, -0.05) is 0 Å². The third kappa shape index (κ3) is 3.82. The SMILES string of the molecule is COCC[C@@H]1CO[C@@]2(CCCN(Cc3ccncc3)C2)C1. The molecular formula is C17H26N2O2. The first-order chi connectivity index (χ1) is 10.3. The molecule has 2 saturated heterocycles. The van der Waals surface area contributed by atoms with E-state index in [4.69, 9.17) is 9.47 Å². The molecule has 0 radical (unpaired) electrons. The molecular weight excluding hydrogens is 264 g/mol. The summed E-state index contributed by atoms with van der Waals surface area (Å²) in [5.41, 5.74) is 1.44. The number of rotatable bonds is 5. The summed E-state index contributed by atoms with van der Waals surface area (Å²) >= 11 is 0. The highest BCUT2D eigenvalue weighted by atomic mass is 16.5. The zero-order chi connectivity index (χ0) is 14.5. The van der Waals surface area contributed by atoms with Crippen LogP contribution in [0.3, 0.4) is 0 Å². The Morgan fingerprint density at radius 2 is 2.29 bits per heavy atom. The van der Waals surface area contributed by atoms with Crippen LogP contribution in [-0.2, 0) is 16.0 Å². The second-order valence-electron chi connectivity index (χ2n) is 6.52. The Labute approximate surface area is 127 Å². The fourth-order valence-corrected chi connectivity index (χ4v) is 3.76. The van der Waals surface area contributed by atoms with E-state index < -0.39 is 0 Å². The Morgan fingerprint density at radius 3 is 3.10 bits per heavy atom. The van der Waals surface area contributed by atoms with Crippen LogP contribution in [0.15, 0.2) is 24.5 Å². The zero-order valence-electron chi connectivity index (χ0n) is 13.0. The predicted octanol–water partition coefficient (Wildman–Crippen LogP) is 2.49. The van der Waals surface area contributed by atoms with Gasteiger partial charge in [0.1, 0.15) is 0 Å². The van der Waals surface area contributed by atoms with Crippen LogP contribution in [0.25, 0.3) is 0 Å². The number of piperidine rings is 1. The monoisotopic (exact) mass is 290 g/mol. The Morgan fingerprint density at radius 1 is 1.43 bits per heavy atom. The van der Waals surface area contributed by atoms with Gasteiger partial charge in [-0.3, -0.25) is 9.88 Å². The minimum atomic E-state index is 0.101. The van der Waals surface area contributed by atoms with Crippen molar-refractivity contribution in [2.24, 2.45) is 5.92 Å². The van der Waals surface area contributed by atoms with E-state index >= 15 is 0 Å². The Kier molecular flexibility index (Phi) is 4.88. The molecule has 0 saturated carbocycles. The summed E-state index contributed by atoms with van der Waals surface area (Å²) in [5.74, 6) is 0.672. The van der Waals surface area contributed by atoms with Gasteiger partial charge in [0.2, 0.25) is 0 Å². The third-order valence-electron chi connectivity index (χ3n) is 4.79. The van der Waals surface area contributed by atoms with E-state index in [0.717, 1.165) is 32.7 Å². The first-order valence-electron chi connectivity index (χ1n) is 8.04. The van der Waals surface area contributed by atoms with Gasteiger partial charge < -0.3 is 9.47 Å². The lowest BCUT2D eigenvalue weighted by molar-refractivity contribution is -0.0535. The summed E-state index contributed by atoms with van der Waals surface area (Å²) < 4.78 is 11.5. The van der Waals surface area contributed by atoms with E-state index in [1.807, 2.05) is 12.4 Å². The lowest BCUT2D eigenvalue weighted by Gasteiger charge is -2.40. The molecule has 1 spiro atoms. The van der Waals surface area contributed by atoms with Crippen LogP contribution in [0.5, 0.6) is 0 Å². The Balaban J connectivity index is 1.56. The summed E-state index contributed by atoms with van der Waals surface area (Å²) in [6.45, 7) is 5.02. The number of hydrogen-bond donors (Lipinski definition) is 0. The average Bonchev–Trinajstić information content (AvgIpc) is 2.89. The molecule has 2 aliphatic heterocycles. The Hall–Kier alpha value is -0.970. The van der Waals surface area contributed by atoms with Gasteiger partial charge in [-0.15, -0.1) is 0 Å². The van der Waals surface area contributed by atoms with Gasteiger partial charge in [-0.25, -0.2) is 0 Å². The average molecular weight is 290 g/mol. The molecule has 1 aromatic heterocycles. The van der Waals surface area contributed by atoms with E-state index in [1.54, 1.807) is 7.11 Å². The van der Waals surface area contributed by atoms with Crippen LogP contribution in [0, 0.1) is 5.92 Å². The molecule has 3 rings (SSSR count). The zero-order valence-corrected chi connectivity index (χ0v) is 13.0. The van der Waals surface area contributed by atoms with Crippen molar-refractivity contribution in [3.63, 3.8) is 0 Å². The van der Waals surface area contributed by atoms with Crippen molar-refractivity contribution in [1.82, 2.24) is 9.88 Å². The fourth-order valence-electron chi connectivity index (χ4n) is 3.76.